The van der Waals surface area contributed by atoms with Crippen LogP contribution in [0, 0.1) is 10.1 Å². The van der Waals surface area contributed by atoms with Gasteiger partial charge in [-0.1, -0.05) is 12.1 Å². The van der Waals surface area contributed by atoms with Gasteiger partial charge in [-0.3, -0.25) is 10.1 Å². The minimum absolute atomic E-state index is 0.00763. The van der Waals surface area contributed by atoms with E-state index in [2.05, 4.69) is 15.0 Å². The lowest BCUT2D eigenvalue weighted by Gasteiger charge is -2.15. The van der Waals surface area contributed by atoms with Gasteiger partial charge in [0.15, 0.2) is 5.82 Å². The second-order valence-electron chi connectivity index (χ2n) is 4.73. The summed E-state index contributed by atoms with van der Waals surface area (Å²) < 4.78 is 0. The van der Waals surface area contributed by atoms with Crippen LogP contribution in [0.2, 0.25) is 5.28 Å². The van der Waals surface area contributed by atoms with Crippen molar-refractivity contribution in [3.05, 3.63) is 39.7 Å². The third kappa shape index (κ3) is 2.92. The molecule has 0 atom stereocenters. The lowest BCUT2D eigenvalue weighted by Crippen LogP contribution is -2.21. The Morgan fingerprint density at radius 1 is 1.19 bits per heavy atom. The van der Waals surface area contributed by atoms with Crippen LogP contribution in [0.5, 0.6) is 0 Å². The zero-order valence-corrected chi connectivity index (χ0v) is 11.8. The van der Waals surface area contributed by atoms with E-state index in [9.17, 15) is 10.1 Å². The van der Waals surface area contributed by atoms with E-state index in [1.165, 1.54) is 12.1 Å². The Morgan fingerprint density at radius 2 is 1.95 bits per heavy atom. The number of nitrogens with zero attached hydrogens (tertiary/aromatic N) is 5. The molecule has 8 heteroatoms. The summed E-state index contributed by atoms with van der Waals surface area (Å²) in [5.74, 6) is 0.870. The number of aromatic nitrogens is 3. The van der Waals surface area contributed by atoms with E-state index in [0.717, 1.165) is 25.9 Å². The Bertz CT molecular complexity index is 688. The summed E-state index contributed by atoms with van der Waals surface area (Å²) in [7, 11) is 0. The summed E-state index contributed by atoms with van der Waals surface area (Å²) >= 11 is 5.96. The Kier molecular flexibility index (Phi) is 3.66. The molecular weight excluding hydrogens is 294 g/mol. The Hall–Kier alpha value is -2.28. The fourth-order valence-electron chi connectivity index (χ4n) is 2.29. The molecule has 0 aliphatic carbocycles. The molecule has 0 N–H and O–H groups in total. The normalized spacial score (nSPS) is 14.4. The van der Waals surface area contributed by atoms with Crippen molar-refractivity contribution in [1.29, 1.82) is 0 Å². The molecule has 0 radical (unpaired) electrons. The summed E-state index contributed by atoms with van der Waals surface area (Å²) in [4.78, 5) is 25.0. The van der Waals surface area contributed by atoms with Crippen LogP contribution in [-0.2, 0) is 0 Å². The molecule has 7 nitrogen and oxygen atoms in total. The number of benzene rings is 1. The van der Waals surface area contributed by atoms with Crippen LogP contribution in [0.1, 0.15) is 12.8 Å². The van der Waals surface area contributed by atoms with E-state index >= 15 is 0 Å². The van der Waals surface area contributed by atoms with Crippen molar-refractivity contribution >= 4 is 23.2 Å². The number of hydrogen-bond donors (Lipinski definition) is 0. The first kappa shape index (κ1) is 13.7. The van der Waals surface area contributed by atoms with Gasteiger partial charge in [-0.05, 0) is 24.4 Å². The van der Waals surface area contributed by atoms with Crippen molar-refractivity contribution in [3.63, 3.8) is 0 Å². The molecule has 1 aromatic heterocycles. The highest BCUT2D eigenvalue weighted by Gasteiger charge is 2.18. The molecule has 0 amide bonds. The average Bonchev–Trinajstić information content (AvgIpc) is 3.01. The number of hydrogen-bond acceptors (Lipinski definition) is 6. The van der Waals surface area contributed by atoms with Crippen LogP contribution in [-0.4, -0.2) is 33.0 Å². The van der Waals surface area contributed by atoms with Crippen LogP contribution in [0.15, 0.2) is 24.3 Å². The first-order valence-electron chi connectivity index (χ1n) is 6.55. The highest BCUT2D eigenvalue weighted by molar-refractivity contribution is 6.28. The van der Waals surface area contributed by atoms with E-state index in [1.54, 1.807) is 12.1 Å². The third-order valence-corrected chi connectivity index (χ3v) is 3.47. The minimum Gasteiger partial charge on any atom is -0.341 e. The molecule has 0 saturated carbocycles. The SMILES string of the molecule is O=[N+]([O-])c1cccc(-c2nc(Cl)nc(N3CCCC3)n2)c1. The first-order valence-corrected chi connectivity index (χ1v) is 6.92. The van der Waals surface area contributed by atoms with E-state index in [4.69, 9.17) is 11.6 Å². The lowest BCUT2D eigenvalue weighted by atomic mass is 10.2. The predicted molar refractivity (Wildman–Crippen MR) is 78.4 cm³/mol. The Balaban J connectivity index is 2.01. The number of nitro benzene ring substituents is 1. The minimum atomic E-state index is -0.451. The van der Waals surface area contributed by atoms with Gasteiger partial charge in [0.2, 0.25) is 11.2 Å². The third-order valence-electron chi connectivity index (χ3n) is 3.30. The molecule has 1 fully saturated rings. The van der Waals surface area contributed by atoms with Gasteiger partial charge in [0.25, 0.3) is 5.69 Å². The van der Waals surface area contributed by atoms with Gasteiger partial charge < -0.3 is 4.90 Å². The van der Waals surface area contributed by atoms with Crippen molar-refractivity contribution in [1.82, 2.24) is 15.0 Å². The van der Waals surface area contributed by atoms with Crippen LogP contribution in [0.4, 0.5) is 11.6 Å². The van der Waals surface area contributed by atoms with E-state index in [1.807, 2.05) is 4.90 Å². The van der Waals surface area contributed by atoms with Gasteiger partial charge in [0.1, 0.15) is 0 Å². The van der Waals surface area contributed by atoms with Crippen molar-refractivity contribution in [2.24, 2.45) is 0 Å². The quantitative estimate of drug-likeness (QED) is 0.640. The zero-order valence-electron chi connectivity index (χ0n) is 11.1. The standard InChI is InChI=1S/C13H12ClN5O2/c14-12-15-11(9-4-3-5-10(8-9)19(20)21)16-13(17-12)18-6-1-2-7-18/h3-5,8H,1-2,6-7H2. The summed E-state index contributed by atoms with van der Waals surface area (Å²) in [6.45, 7) is 1.77. The van der Waals surface area contributed by atoms with E-state index < -0.39 is 4.92 Å². The van der Waals surface area contributed by atoms with Gasteiger partial charge >= 0.3 is 0 Å². The largest absolute Gasteiger partial charge is 0.341 e. The van der Waals surface area contributed by atoms with Crippen LogP contribution in [0.3, 0.4) is 0 Å². The number of anilines is 1. The second-order valence-corrected chi connectivity index (χ2v) is 5.07. The maximum Gasteiger partial charge on any atom is 0.270 e. The van der Waals surface area contributed by atoms with Crippen molar-refractivity contribution in [3.8, 4) is 11.4 Å². The molecule has 21 heavy (non-hydrogen) atoms. The maximum atomic E-state index is 10.8. The van der Waals surface area contributed by atoms with Crippen molar-refractivity contribution < 1.29 is 4.92 Å². The smallest absolute Gasteiger partial charge is 0.270 e. The molecule has 1 saturated heterocycles. The van der Waals surface area contributed by atoms with Crippen molar-refractivity contribution in [2.45, 2.75) is 12.8 Å². The van der Waals surface area contributed by atoms with E-state index in [0.29, 0.717) is 17.3 Å². The van der Waals surface area contributed by atoms with Gasteiger partial charge in [-0.2, -0.15) is 15.0 Å². The first-order chi connectivity index (χ1) is 10.1. The average molecular weight is 306 g/mol. The number of nitro groups is 1. The molecule has 1 aromatic carbocycles. The topological polar surface area (TPSA) is 85.0 Å². The Morgan fingerprint density at radius 3 is 2.67 bits per heavy atom. The fourth-order valence-corrected chi connectivity index (χ4v) is 2.44. The van der Waals surface area contributed by atoms with Gasteiger partial charge in [0, 0.05) is 30.8 Å². The highest BCUT2D eigenvalue weighted by atomic mass is 35.5. The number of non-ortho nitro benzene ring substituents is 1. The molecule has 1 aliphatic rings. The zero-order chi connectivity index (χ0) is 14.8. The number of rotatable bonds is 3. The van der Waals surface area contributed by atoms with Crippen LogP contribution < -0.4 is 4.90 Å². The van der Waals surface area contributed by atoms with E-state index in [-0.39, 0.29) is 11.0 Å². The Labute approximate surface area is 125 Å². The monoisotopic (exact) mass is 305 g/mol. The molecule has 1 aliphatic heterocycles. The van der Waals surface area contributed by atoms with Gasteiger partial charge in [-0.15, -0.1) is 0 Å². The lowest BCUT2D eigenvalue weighted by molar-refractivity contribution is -0.384. The second kappa shape index (κ2) is 5.61. The molecule has 2 aromatic rings. The summed E-state index contributed by atoms with van der Waals surface area (Å²) in [5, 5.41) is 10.9. The molecule has 0 spiro atoms. The molecule has 0 unspecified atom stereocenters. The predicted octanol–water partition coefficient (Wildman–Crippen LogP) is 2.70. The van der Waals surface area contributed by atoms with Gasteiger partial charge in [-0.25, -0.2) is 0 Å². The summed E-state index contributed by atoms with van der Waals surface area (Å²) in [5.41, 5.74) is 0.542. The molecule has 2 heterocycles. The molecular formula is C13H12ClN5O2. The van der Waals surface area contributed by atoms with Crippen LogP contribution in [0.25, 0.3) is 11.4 Å². The van der Waals surface area contributed by atoms with Crippen molar-refractivity contribution in [2.75, 3.05) is 18.0 Å². The fraction of sp³-hybridized carbons (Fsp3) is 0.308. The summed E-state index contributed by atoms with van der Waals surface area (Å²) in [6.07, 6.45) is 2.19. The molecule has 108 valence electrons. The molecule has 3 rings (SSSR count). The summed E-state index contributed by atoms with van der Waals surface area (Å²) in [6, 6.07) is 6.17. The molecule has 0 bridgehead atoms. The highest BCUT2D eigenvalue weighted by Crippen LogP contribution is 2.24. The van der Waals surface area contributed by atoms with Gasteiger partial charge in [0.05, 0.1) is 4.92 Å². The van der Waals surface area contributed by atoms with Crippen LogP contribution >= 0.6 is 11.6 Å². The number of halogens is 1. The maximum absolute atomic E-state index is 10.8.